The average Bonchev–Trinajstić information content (AvgIpc) is 2.80. The van der Waals surface area contributed by atoms with Crippen molar-refractivity contribution in [1.29, 1.82) is 0 Å². The van der Waals surface area contributed by atoms with Crippen molar-refractivity contribution in [2.75, 3.05) is 34.2 Å². The summed E-state index contributed by atoms with van der Waals surface area (Å²) < 4.78 is 20.9. The molecule has 2 rings (SSSR count). The van der Waals surface area contributed by atoms with Crippen LogP contribution in [0.4, 0.5) is 0 Å². The highest BCUT2D eigenvalue weighted by Gasteiger charge is 2.17. The number of ether oxygens (including phenoxy) is 4. The molecule has 1 aromatic carbocycles. The first-order valence-corrected chi connectivity index (χ1v) is 5.51. The molecule has 5 heteroatoms. The van der Waals surface area contributed by atoms with Crippen LogP contribution >= 0.6 is 0 Å². The van der Waals surface area contributed by atoms with E-state index in [4.69, 9.17) is 18.9 Å². The third-order valence-corrected chi connectivity index (χ3v) is 2.57. The first-order chi connectivity index (χ1) is 8.35. The smallest absolute Gasteiger partial charge is 0.231 e. The van der Waals surface area contributed by atoms with Crippen LogP contribution in [0.1, 0.15) is 5.56 Å². The van der Waals surface area contributed by atoms with Crippen LogP contribution in [0, 0.1) is 0 Å². The van der Waals surface area contributed by atoms with Gasteiger partial charge < -0.3 is 24.3 Å². The molecule has 0 fully saturated rings. The van der Waals surface area contributed by atoms with E-state index < -0.39 is 0 Å². The number of fused-ring (bicyclic) bond motifs is 1. The Labute approximate surface area is 101 Å². The minimum atomic E-state index is 0.277. The standard InChI is InChI=1S/C12H17NO4/c1-14-4-3-13-7-9-5-11-12(17-8-16-11)6-10(9)15-2/h5-6,13H,3-4,7-8H2,1-2H3. The first-order valence-electron chi connectivity index (χ1n) is 5.51. The van der Waals surface area contributed by atoms with Crippen LogP contribution in [0.3, 0.4) is 0 Å². The largest absolute Gasteiger partial charge is 0.496 e. The highest BCUT2D eigenvalue weighted by molar-refractivity contribution is 5.51. The summed E-state index contributed by atoms with van der Waals surface area (Å²) in [4.78, 5) is 0. The van der Waals surface area contributed by atoms with Gasteiger partial charge in [0.2, 0.25) is 6.79 Å². The molecule has 1 heterocycles. The molecule has 1 N–H and O–H groups in total. The van der Waals surface area contributed by atoms with E-state index in [2.05, 4.69) is 5.32 Å². The van der Waals surface area contributed by atoms with Gasteiger partial charge >= 0.3 is 0 Å². The molecule has 0 saturated carbocycles. The molecule has 0 aromatic heterocycles. The van der Waals surface area contributed by atoms with E-state index in [9.17, 15) is 0 Å². The van der Waals surface area contributed by atoms with Crippen molar-refractivity contribution in [1.82, 2.24) is 5.32 Å². The lowest BCUT2D eigenvalue weighted by atomic mass is 10.1. The van der Waals surface area contributed by atoms with Crippen LogP contribution < -0.4 is 19.5 Å². The second-order valence-electron chi connectivity index (χ2n) is 3.69. The molecule has 0 spiro atoms. The van der Waals surface area contributed by atoms with Crippen molar-refractivity contribution in [2.45, 2.75) is 6.54 Å². The van der Waals surface area contributed by atoms with Crippen LogP contribution in [-0.4, -0.2) is 34.2 Å². The highest BCUT2D eigenvalue weighted by atomic mass is 16.7. The maximum atomic E-state index is 5.34. The second-order valence-corrected chi connectivity index (χ2v) is 3.69. The topological polar surface area (TPSA) is 49.0 Å². The summed E-state index contributed by atoms with van der Waals surface area (Å²) in [6, 6.07) is 3.80. The fourth-order valence-electron chi connectivity index (χ4n) is 1.69. The number of rotatable bonds is 6. The van der Waals surface area contributed by atoms with Gasteiger partial charge in [-0.1, -0.05) is 0 Å². The molecule has 1 aliphatic heterocycles. The summed E-state index contributed by atoms with van der Waals surface area (Å²) in [5.74, 6) is 2.32. The summed E-state index contributed by atoms with van der Waals surface area (Å²) in [5, 5.41) is 3.27. The van der Waals surface area contributed by atoms with E-state index in [0.717, 1.165) is 29.4 Å². The van der Waals surface area contributed by atoms with Gasteiger partial charge in [-0.3, -0.25) is 0 Å². The molecule has 0 radical (unpaired) electrons. The first kappa shape index (κ1) is 12.0. The molecule has 0 aliphatic carbocycles. The predicted molar refractivity (Wildman–Crippen MR) is 62.7 cm³/mol. The Morgan fingerprint density at radius 2 is 2.00 bits per heavy atom. The van der Waals surface area contributed by atoms with Gasteiger partial charge in [-0.25, -0.2) is 0 Å². The van der Waals surface area contributed by atoms with Crippen LogP contribution in [-0.2, 0) is 11.3 Å². The minimum Gasteiger partial charge on any atom is -0.496 e. The van der Waals surface area contributed by atoms with E-state index in [-0.39, 0.29) is 6.79 Å². The highest BCUT2D eigenvalue weighted by Crippen LogP contribution is 2.37. The van der Waals surface area contributed by atoms with Gasteiger partial charge in [0, 0.05) is 31.8 Å². The molecule has 17 heavy (non-hydrogen) atoms. The zero-order valence-corrected chi connectivity index (χ0v) is 10.1. The molecule has 0 amide bonds. The summed E-state index contributed by atoms with van der Waals surface area (Å²) in [6.45, 7) is 2.48. The van der Waals surface area contributed by atoms with Crippen LogP contribution in [0.25, 0.3) is 0 Å². The van der Waals surface area contributed by atoms with Gasteiger partial charge in [0.25, 0.3) is 0 Å². The van der Waals surface area contributed by atoms with E-state index in [1.54, 1.807) is 14.2 Å². The Balaban J connectivity index is 2.04. The van der Waals surface area contributed by atoms with Gasteiger partial charge in [0.05, 0.1) is 13.7 Å². The zero-order chi connectivity index (χ0) is 12.1. The number of nitrogens with one attached hydrogen (secondary N) is 1. The minimum absolute atomic E-state index is 0.277. The molecular weight excluding hydrogens is 222 g/mol. The monoisotopic (exact) mass is 239 g/mol. The van der Waals surface area contributed by atoms with Gasteiger partial charge in [0.1, 0.15) is 5.75 Å². The molecular formula is C12H17NO4. The summed E-state index contributed by atoms with van der Waals surface area (Å²) in [6.07, 6.45) is 0. The van der Waals surface area contributed by atoms with Crippen molar-refractivity contribution >= 4 is 0 Å². The van der Waals surface area contributed by atoms with Crippen molar-refractivity contribution in [3.63, 3.8) is 0 Å². The fourth-order valence-corrected chi connectivity index (χ4v) is 1.69. The Morgan fingerprint density at radius 1 is 1.24 bits per heavy atom. The molecule has 0 saturated heterocycles. The summed E-state index contributed by atoms with van der Waals surface area (Å²) in [7, 11) is 3.33. The molecule has 1 aliphatic rings. The number of benzene rings is 1. The number of methoxy groups -OCH3 is 2. The second kappa shape index (κ2) is 5.75. The molecule has 1 aromatic rings. The lowest BCUT2D eigenvalue weighted by molar-refractivity contribution is 0.174. The summed E-state index contributed by atoms with van der Waals surface area (Å²) in [5.41, 5.74) is 1.05. The Bertz CT molecular complexity index is 381. The number of hydrogen-bond acceptors (Lipinski definition) is 5. The van der Waals surface area contributed by atoms with Crippen LogP contribution in [0.5, 0.6) is 17.2 Å². The Morgan fingerprint density at radius 3 is 2.71 bits per heavy atom. The molecule has 0 unspecified atom stereocenters. The molecule has 94 valence electrons. The molecule has 5 nitrogen and oxygen atoms in total. The Hall–Kier alpha value is -1.46. The van der Waals surface area contributed by atoms with Crippen molar-refractivity contribution in [3.8, 4) is 17.2 Å². The Kier molecular flexibility index (Phi) is 4.06. The van der Waals surface area contributed by atoms with Gasteiger partial charge in [-0.15, -0.1) is 0 Å². The SMILES string of the molecule is COCCNCc1cc2c(cc1OC)OCO2. The summed E-state index contributed by atoms with van der Waals surface area (Å²) >= 11 is 0. The van der Waals surface area contributed by atoms with Crippen molar-refractivity contribution < 1.29 is 18.9 Å². The van der Waals surface area contributed by atoms with Crippen molar-refractivity contribution in [3.05, 3.63) is 17.7 Å². The van der Waals surface area contributed by atoms with Gasteiger partial charge in [-0.2, -0.15) is 0 Å². The third kappa shape index (κ3) is 2.81. The maximum absolute atomic E-state index is 5.34. The van der Waals surface area contributed by atoms with Crippen molar-refractivity contribution in [2.24, 2.45) is 0 Å². The zero-order valence-electron chi connectivity index (χ0n) is 10.1. The average molecular weight is 239 g/mol. The maximum Gasteiger partial charge on any atom is 0.231 e. The van der Waals surface area contributed by atoms with Gasteiger partial charge in [0.15, 0.2) is 11.5 Å². The third-order valence-electron chi connectivity index (χ3n) is 2.57. The van der Waals surface area contributed by atoms with Crippen LogP contribution in [0.2, 0.25) is 0 Å². The number of hydrogen-bond donors (Lipinski definition) is 1. The lowest BCUT2D eigenvalue weighted by Crippen LogP contribution is -2.18. The van der Waals surface area contributed by atoms with E-state index in [1.165, 1.54) is 0 Å². The molecule has 0 bridgehead atoms. The van der Waals surface area contributed by atoms with Crippen LogP contribution in [0.15, 0.2) is 12.1 Å². The normalized spacial score (nSPS) is 12.8. The van der Waals surface area contributed by atoms with Gasteiger partial charge in [-0.05, 0) is 6.07 Å². The predicted octanol–water partition coefficient (Wildman–Crippen LogP) is 1.16. The lowest BCUT2D eigenvalue weighted by Gasteiger charge is -2.10. The quantitative estimate of drug-likeness (QED) is 0.755. The van der Waals surface area contributed by atoms with E-state index >= 15 is 0 Å². The van der Waals surface area contributed by atoms with E-state index in [1.807, 2.05) is 12.1 Å². The van der Waals surface area contributed by atoms with E-state index in [0.29, 0.717) is 13.2 Å². The fraction of sp³-hybridized carbons (Fsp3) is 0.500. The molecule has 0 atom stereocenters.